The van der Waals surface area contributed by atoms with Crippen LogP contribution in [0.3, 0.4) is 0 Å². The van der Waals surface area contributed by atoms with E-state index in [1.54, 1.807) is 18.2 Å². The predicted molar refractivity (Wildman–Crippen MR) is 82.7 cm³/mol. The minimum Gasteiger partial charge on any atom is -0.332 e. The van der Waals surface area contributed by atoms with Crippen molar-refractivity contribution in [2.45, 2.75) is 0 Å². The van der Waals surface area contributed by atoms with Gasteiger partial charge in [-0.2, -0.15) is 10.1 Å². The van der Waals surface area contributed by atoms with Crippen molar-refractivity contribution in [3.8, 4) is 23.0 Å². The van der Waals surface area contributed by atoms with E-state index < -0.39 is 0 Å². The molecule has 1 aromatic carbocycles. The first kappa shape index (κ1) is 14.1. The first-order valence-electron chi connectivity index (χ1n) is 5.25. The smallest absolute Gasteiger partial charge is 0.279 e. The molecule has 0 radical (unpaired) electrons. The maximum Gasteiger partial charge on any atom is 0.279 e. The van der Waals surface area contributed by atoms with Crippen LogP contribution in [0.15, 0.2) is 31.8 Å². The van der Waals surface area contributed by atoms with Gasteiger partial charge in [-0.25, -0.2) is 0 Å². The maximum absolute atomic E-state index is 6.11. The molecule has 0 amide bonds. The van der Waals surface area contributed by atoms with Gasteiger partial charge in [-0.05, 0) is 50.1 Å². The molecule has 0 aliphatic rings. The fourth-order valence-corrected chi connectivity index (χ4v) is 2.67. The quantitative estimate of drug-likeness (QED) is 0.614. The van der Waals surface area contributed by atoms with Gasteiger partial charge in [0.25, 0.3) is 5.89 Å². The van der Waals surface area contributed by atoms with Gasteiger partial charge in [0.1, 0.15) is 4.60 Å². The van der Waals surface area contributed by atoms with Crippen LogP contribution in [-0.4, -0.2) is 20.3 Å². The van der Waals surface area contributed by atoms with E-state index in [2.05, 4.69) is 52.2 Å². The predicted octanol–water partition coefficient (Wildman–Crippen LogP) is 4.96. The number of nitrogens with one attached hydrogen (secondary N) is 1. The molecule has 5 nitrogen and oxygen atoms in total. The van der Waals surface area contributed by atoms with Crippen molar-refractivity contribution < 1.29 is 4.52 Å². The summed E-state index contributed by atoms with van der Waals surface area (Å²) < 4.78 is 6.59. The first-order chi connectivity index (χ1) is 9.56. The molecule has 0 unspecified atom stereocenters. The summed E-state index contributed by atoms with van der Waals surface area (Å²) in [6.07, 6.45) is 0. The van der Waals surface area contributed by atoms with Crippen LogP contribution < -0.4 is 0 Å². The first-order valence-corrected chi connectivity index (χ1v) is 7.59. The summed E-state index contributed by atoms with van der Waals surface area (Å²) in [7, 11) is 0. The zero-order valence-corrected chi connectivity index (χ0v) is 14.2. The van der Waals surface area contributed by atoms with Crippen LogP contribution in [0.2, 0.25) is 10.0 Å². The second-order valence-corrected chi connectivity index (χ2v) is 6.18. The summed E-state index contributed by atoms with van der Waals surface area (Å²) in [4.78, 5) is 4.28. The SMILES string of the molecule is Clc1ccc(-c2noc(-c3n[nH]c(Br)c3Br)n2)c(Cl)c1. The van der Waals surface area contributed by atoms with Crippen LogP contribution in [0.4, 0.5) is 0 Å². The zero-order chi connectivity index (χ0) is 14.3. The van der Waals surface area contributed by atoms with Crippen molar-refractivity contribution in [2.75, 3.05) is 0 Å². The highest BCUT2D eigenvalue weighted by molar-refractivity contribution is 9.13. The molecule has 0 fully saturated rings. The lowest BCUT2D eigenvalue weighted by atomic mass is 10.2. The minimum absolute atomic E-state index is 0.278. The third kappa shape index (κ3) is 2.50. The van der Waals surface area contributed by atoms with Crippen LogP contribution in [0, 0.1) is 0 Å². The molecule has 9 heteroatoms. The van der Waals surface area contributed by atoms with E-state index in [0.717, 1.165) is 0 Å². The van der Waals surface area contributed by atoms with Gasteiger partial charge >= 0.3 is 0 Å². The van der Waals surface area contributed by atoms with Crippen molar-refractivity contribution in [3.05, 3.63) is 37.3 Å². The summed E-state index contributed by atoms with van der Waals surface area (Å²) in [6.45, 7) is 0. The Morgan fingerprint density at radius 2 is 2.00 bits per heavy atom. The maximum atomic E-state index is 6.11. The molecule has 0 atom stereocenters. The lowest BCUT2D eigenvalue weighted by molar-refractivity contribution is 0.430. The molecule has 0 saturated heterocycles. The van der Waals surface area contributed by atoms with Crippen molar-refractivity contribution in [1.29, 1.82) is 0 Å². The van der Waals surface area contributed by atoms with Crippen molar-refractivity contribution in [2.24, 2.45) is 0 Å². The number of nitrogens with zero attached hydrogens (tertiary/aromatic N) is 3. The molecule has 1 N–H and O–H groups in total. The summed E-state index contributed by atoms with van der Waals surface area (Å²) in [5.41, 5.74) is 1.15. The Morgan fingerprint density at radius 1 is 1.20 bits per heavy atom. The molecule has 0 spiro atoms. The number of hydrogen-bond acceptors (Lipinski definition) is 4. The Kier molecular flexibility index (Phi) is 3.85. The van der Waals surface area contributed by atoms with E-state index in [0.29, 0.717) is 36.2 Å². The van der Waals surface area contributed by atoms with Crippen LogP contribution in [-0.2, 0) is 0 Å². The monoisotopic (exact) mass is 436 g/mol. The average Bonchev–Trinajstić information content (AvgIpc) is 2.98. The highest BCUT2D eigenvalue weighted by Gasteiger charge is 2.19. The lowest BCUT2D eigenvalue weighted by Gasteiger charge is -1.98. The fourth-order valence-electron chi connectivity index (χ4n) is 1.55. The van der Waals surface area contributed by atoms with Gasteiger partial charge in [-0.1, -0.05) is 28.4 Å². The Balaban J connectivity index is 2.04. The average molecular weight is 439 g/mol. The number of H-pyrrole nitrogens is 1. The van der Waals surface area contributed by atoms with Crippen LogP contribution in [0.5, 0.6) is 0 Å². The topological polar surface area (TPSA) is 67.6 Å². The van der Waals surface area contributed by atoms with Gasteiger partial charge in [0.05, 0.1) is 9.50 Å². The fraction of sp³-hybridized carbons (Fsp3) is 0. The van der Waals surface area contributed by atoms with Crippen molar-refractivity contribution >= 4 is 55.1 Å². The van der Waals surface area contributed by atoms with Crippen molar-refractivity contribution in [1.82, 2.24) is 20.3 Å². The van der Waals surface area contributed by atoms with Gasteiger partial charge in [-0.3, -0.25) is 5.10 Å². The zero-order valence-electron chi connectivity index (χ0n) is 9.49. The number of rotatable bonds is 2. The van der Waals surface area contributed by atoms with E-state index in [9.17, 15) is 0 Å². The summed E-state index contributed by atoms with van der Waals surface area (Å²) >= 11 is 18.6. The number of aromatic nitrogens is 4. The van der Waals surface area contributed by atoms with E-state index in [1.807, 2.05) is 0 Å². The Hall–Kier alpha value is -0.890. The largest absolute Gasteiger partial charge is 0.332 e. The molecule has 0 bridgehead atoms. The number of benzene rings is 1. The summed E-state index contributed by atoms with van der Waals surface area (Å²) in [6, 6.07) is 5.06. The molecule has 3 rings (SSSR count). The van der Waals surface area contributed by atoms with Gasteiger partial charge in [0.2, 0.25) is 5.82 Å². The second kappa shape index (κ2) is 5.48. The van der Waals surface area contributed by atoms with E-state index in [4.69, 9.17) is 27.7 Å². The highest BCUT2D eigenvalue weighted by Crippen LogP contribution is 2.33. The molecular weight excluding hydrogens is 435 g/mol. The van der Waals surface area contributed by atoms with Gasteiger partial charge in [-0.15, -0.1) is 0 Å². The highest BCUT2D eigenvalue weighted by atomic mass is 79.9. The van der Waals surface area contributed by atoms with Gasteiger partial charge in [0, 0.05) is 10.6 Å². The third-order valence-electron chi connectivity index (χ3n) is 2.47. The third-order valence-corrected chi connectivity index (χ3v) is 4.89. The van der Waals surface area contributed by atoms with Gasteiger partial charge < -0.3 is 4.52 Å². The number of halogens is 4. The minimum atomic E-state index is 0.278. The normalized spacial score (nSPS) is 11.0. The van der Waals surface area contributed by atoms with Crippen LogP contribution >= 0.6 is 55.1 Å². The van der Waals surface area contributed by atoms with Crippen LogP contribution in [0.1, 0.15) is 0 Å². The summed E-state index contributed by atoms with van der Waals surface area (Å²) in [5.74, 6) is 0.646. The standard InChI is InChI=1S/C11H4Br2Cl2N4O/c12-7-8(17-18-9(7)13)11-16-10(19-20-11)5-2-1-4(14)3-6(5)15/h1-3H,(H,17,18). The Labute approximate surface area is 139 Å². The molecule has 3 aromatic rings. The molecule has 0 aliphatic heterocycles. The molecular formula is C11H4Br2Cl2N4O. The molecule has 0 aliphatic carbocycles. The lowest BCUT2D eigenvalue weighted by Crippen LogP contribution is -1.83. The number of hydrogen-bond donors (Lipinski definition) is 1. The number of aromatic amines is 1. The molecule has 20 heavy (non-hydrogen) atoms. The second-order valence-electron chi connectivity index (χ2n) is 3.75. The molecule has 0 saturated carbocycles. The van der Waals surface area contributed by atoms with E-state index >= 15 is 0 Å². The van der Waals surface area contributed by atoms with E-state index in [-0.39, 0.29) is 5.89 Å². The Morgan fingerprint density at radius 3 is 2.65 bits per heavy atom. The van der Waals surface area contributed by atoms with Gasteiger partial charge in [0.15, 0.2) is 5.69 Å². The summed E-state index contributed by atoms with van der Waals surface area (Å²) in [5, 5.41) is 11.7. The molecule has 102 valence electrons. The molecule has 2 aromatic heterocycles. The molecule has 2 heterocycles. The van der Waals surface area contributed by atoms with E-state index in [1.165, 1.54) is 0 Å². The Bertz CT molecular complexity index is 787. The van der Waals surface area contributed by atoms with Crippen LogP contribution in [0.25, 0.3) is 23.0 Å². The van der Waals surface area contributed by atoms with Crippen molar-refractivity contribution in [3.63, 3.8) is 0 Å².